The smallest absolute Gasteiger partial charge is 0.0547 e. The monoisotopic (exact) mass is 296 g/mol. The lowest BCUT2D eigenvalue weighted by Crippen LogP contribution is -2.49. The van der Waals surface area contributed by atoms with Gasteiger partial charge in [-0.15, -0.1) is 0 Å². The van der Waals surface area contributed by atoms with Gasteiger partial charge >= 0.3 is 0 Å². The molecule has 0 spiro atoms. The highest BCUT2D eigenvalue weighted by Gasteiger charge is 2.37. The zero-order valence-corrected chi connectivity index (χ0v) is 14.5. The molecule has 0 aromatic carbocycles. The summed E-state index contributed by atoms with van der Waals surface area (Å²) in [4.78, 5) is 2.75. The number of ether oxygens (including phenoxy) is 1. The van der Waals surface area contributed by atoms with E-state index in [0.29, 0.717) is 5.41 Å². The van der Waals surface area contributed by atoms with Crippen molar-refractivity contribution < 1.29 is 4.74 Å². The lowest BCUT2D eigenvalue weighted by molar-refractivity contribution is 0.0747. The summed E-state index contributed by atoms with van der Waals surface area (Å²) in [6.07, 6.45) is 8.33. The van der Waals surface area contributed by atoms with E-state index in [9.17, 15) is 0 Å². The third-order valence-electron chi connectivity index (χ3n) is 5.27. The van der Waals surface area contributed by atoms with Gasteiger partial charge in [0.1, 0.15) is 0 Å². The largest absolute Gasteiger partial charge is 0.381 e. The predicted octanol–water partition coefficient (Wildman–Crippen LogP) is 3.29. The molecule has 0 bridgehead atoms. The number of nitrogens with one attached hydrogen (secondary N) is 1. The van der Waals surface area contributed by atoms with Gasteiger partial charge in [0.2, 0.25) is 0 Å². The van der Waals surface area contributed by atoms with E-state index >= 15 is 0 Å². The second kappa shape index (κ2) is 8.50. The molecule has 1 aliphatic heterocycles. The van der Waals surface area contributed by atoms with Gasteiger partial charge in [-0.25, -0.2) is 0 Å². The molecule has 1 heterocycles. The molecule has 3 nitrogen and oxygen atoms in total. The molecule has 0 aromatic heterocycles. The van der Waals surface area contributed by atoms with E-state index < -0.39 is 0 Å². The minimum Gasteiger partial charge on any atom is -0.381 e. The van der Waals surface area contributed by atoms with Crippen LogP contribution in [-0.4, -0.2) is 50.3 Å². The van der Waals surface area contributed by atoms with Crippen molar-refractivity contribution in [3.8, 4) is 0 Å². The van der Waals surface area contributed by atoms with Crippen LogP contribution in [0.25, 0.3) is 0 Å². The fourth-order valence-electron chi connectivity index (χ4n) is 3.97. The van der Waals surface area contributed by atoms with Crippen LogP contribution in [0.3, 0.4) is 0 Å². The second-order valence-corrected chi connectivity index (χ2v) is 7.68. The lowest BCUT2D eigenvalue weighted by atomic mass is 9.84. The molecule has 3 heteroatoms. The molecule has 1 aliphatic carbocycles. The van der Waals surface area contributed by atoms with Gasteiger partial charge in [0.25, 0.3) is 0 Å². The third kappa shape index (κ3) is 5.22. The maximum Gasteiger partial charge on any atom is 0.0547 e. The molecule has 0 radical (unpaired) electrons. The van der Waals surface area contributed by atoms with Gasteiger partial charge in [0.05, 0.1) is 6.61 Å². The van der Waals surface area contributed by atoms with E-state index in [1.165, 1.54) is 51.6 Å². The summed E-state index contributed by atoms with van der Waals surface area (Å²) in [6.45, 7) is 13.4. The van der Waals surface area contributed by atoms with Gasteiger partial charge in [-0.1, -0.05) is 40.0 Å². The van der Waals surface area contributed by atoms with Crippen LogP contribution < -0.4 is 5.32 Å². The molecule has 1 saturated carbocycles. The van der Waals surface area contributed by atoms with Crippen molar-refractivity contribution in [2.24, 2.45) is 11.3 Å². The Bertz CT molecular complexity index is 281. The Morgan fingerprint density at radius 2 is 2.00 bits per heavy atom. The Kier molecular flexibility index (Phi) is 6.97. The highest BCUT2D eigenvalue weighted by molar-refractivity contribution is 4.90. The van der Waals surface area contributed by atoms with Crippen molar-refractivity contribution in [3.05, 3.63) is 0 Å². The molecule has 1 saturated heterocycles. The van der Waals surface area contributed by atoms with Crippen molar-refractivity contribution >= 4 is 0 Å². The fourth-order valence-corrected chi connectivity index (χ4v) is 3.97. The SMILES string of the molecule is CCN(CC1(CNCC(C)C)CCOC1)C1CCCCC1. The summed E-state index contributed by atoms with van der Waals surface area (Å²) in [5.74, 6) is 0.727. The first-order chi connectivity index (χ1) is 10.2. The first-order valence-corrected chi connectivity index (χ1v) is 9.18. The van der Waals surface area contributed by atoms with Gasteiger partial charge in [-0.05, 0) is 38.3 Å². The summed E-state index contributed by atoms with van der Waals surface area (Å²) in [7, 11) is 0. The Morgan fingerprint density at radius 3 is 2.57 bits per heavy atom. The van der Waals surface area contributed by atoms with E-state index in [0.717, 1.165) is 38.3 Å². The maximum absolute atomic E-state index is 5.78. The minimum atomic E-state index is 0.350. The van der Waals surface area contributed by atoms with Crippen LogP contribution in [0.15, 0.2) is 0 Å². The summed E-state index contributed by atoms with van der Waals surface area (Å²) >= 11 is 0. The lowest BCUT2D eigenvalue weighted by Gasteiger charge is -2.40. The second-order valence-electron chi connectivity index (χ2n) is 7.68. The number of rotatable bonds is 8. The molecule has 1 unspecified atom stereocenters. The first-order valence-electron chi connectivity index (χ1n) is 9.18. The molecule has 2 fully saturated rings. The van der Waals surface area contributed by atoms with Gasteiger partial charge in [0, 0.05) is 31.2 Å². The van der Waals surface area contributed by atoms with Crippen LogP contribution in [0.1, 0.15) is 59.3 Å². The van der Waals surface area contributed by atoms with Crippen molar-refractivity contribution in [1.29, 1.82) is 0 Å². The Hall–Kier alpha value is -0.120. The Labute approximate surface area is 131 Å². The summed E-state index contributed by atoms with van der Waals surface area (Å²) in [5.41, 5.74) is 0.350. The summed E-state index contributed by atoms with van der Waals surface area (Å²) in [6, 6.07) is 0.825. The zero-order chi connectivity index (χ0) is 15.1. The van der Waals surface area contributed by atoms with Crippen LogP contribution in [-0.2, 0) is 4.74 Å². The molecule has 124 valence electrons. The van der Waals surface area contributed by atoms with E-state index in [-0.39, 0.29) is 0 Å². The number of hydrogen-bond acceptors (Lipinski definition) is 3. The van der Waals surface area contributed by atoms with Crippen LogP contribution in [0.5, 0.6) is 0 Å². The quantitative estimate of drug-likeness (QED) is 0.744. The molecule has 2 rings (SSSR count). The van der Waals surface area contributed by atoms with E-state index in [2.05, 4.69) is 31.0 Å². The van der Waals surface area contributed by atoms with Gasteiger partial charge in [0.15, 0.2) is 0 Å². The average Bonchev–Trinajstić information content (AvgIpc) is 2.94. The molecule has 1 N–H and O–H groups in total. The normalized spacial score (nSPS) is 27.9. The Morgan fingerprint density at radius 1 is 1.24 bits per heavy atom. The molecular formula is C18H36N2O. The molecule has 2 aliphatic rings. The Balaban J connectivity index is 1.90. The first kappa shape index (κ1) is 17.2. The zero-order valence-electron chi connectivity index (χ0n) is 14.5. The average molecular weight is 296 g/mol. The van der Waals surface area contributed by atoms with Gasteiger partial charge in [-0.2, -0.15) is 0 Å². The molecule has 21 heavy (non-hydrogen) atoms. The predicted molar refractivity (Wildman–Crippen MR) is 89.7 cm³/mol. The van der Waals surface area contributed by atoms with Crippen molar-refractivity contribution in [2.45, 2.75) is 65.3 Å². The minimum absolute atomic E-state index is 0.350. The molecule has 0 aromatic rings. The number of nitrogens with zero attached hydrogens (tertiary/aromatic N) is 1. The van der Waals surface area contributed by atoms with Crippen molar-refractivity contribution in [1.82, 2.24) is 10.2 Å². The van der Waals surface area contributed by atoms with E-state index in [4.69, 9.17) is 4.74 Å². The fraction of sp³-hybridized carbons (Fsp3) is 1.00. The molecule has 0 amide bonds. The maximum atomic E-state index is 5.78. The van der Waals surface area contributed by atoms with E-state index in [1.807, 2.05) is 0 Å². The third-order valence-corrected chi connectivity index (χ3v) is 5.27. The standard InChI is InChI=1S/C18H36N2O/c1-4-20(17-8-6-5-7-9-17)14-18(10-11-21-15-18)13-19-12-16(2)3/h16-17,19H,4-15H2,1-3H3. The van der Waals surface area contributed by atoms with E-state index in [1.54, 1.807) is 0 Å². The topological polar surface area (TPSA) is 24.5 Å². The molecular weight excluding hydrogens is 260 g/mol. The highest BCUT2D eigenvalue weighted by atomic mass is 16.5. The molecule has 1 atom stereocenters. The summed E-state index contributed by atoms with van der Waals surface area (Å²) in [5, 5.41) is 3.69. The van der Waals surface area contributed by atoms with Crippen molar-refractivity contribution in [2.75, 3.05) is 39.4 Å². The van der Waals surface area contributed by atoms with Crippen LogP contribution in [0.2, 0.25) is 0 Å². The summed E-state index contributed by atoms with van der Waals surface area (Å²) < 4.78 is 5.78. The van der Waals surface area contributed by atoms with Crippen LogP contribution in [0.4, 0.5) is 0 Å². The van der Waals surface area contributed by atoms with Gasteiger partial charge < -0.3 is 10.1 Å². The van der Waals surface area contributed by atoms with Gasteiger partial charge in [-0.3, -0.25) is 4.90 Å². The van der Waals surface area contributed by atoms with Crippen molar-refractivity contribution in [3.63, 3.8) is 0 Å². The highest BCUT2D eigenvalue weighted by Crippen LogP contribution is 2.32. The van der Waals surface area contributed by atoms with Crippen LogP contribution >= 0.6 is 0 Å². The number of hydrogen-bond donors (Lipinski definition) is 1. The van der Waals surface area contributed by atoms with Crippen LogP contribution in [0, 0.1) is 11.3 Å².